The first kappa shape index (κ1) is 11.2. The summed E-state index contributed by atoms with van der Waals surface area (Å²) < 4.78 is 0. The van der Waals surface area contributed by atoms with Crippen LogP contribution in [0.2, 0.25) is 0 Å². The molecule has 0 aliphatic carbocycles. The number of fused-ring (bicyclic) bond motifs is 1. The van der Waals surface area contributed by atoms with Crippen LogP contribution >= 0.6 is 0 Å². The largest absolute Gasteiger partial charge is 0.478 e. The minimum Gasteiger partial charge on any atom is -0.478 e. The van der Waals surface area contributed by atoms with Crippen LogP contribution in [0.25, 0.3) is 22.6 Å². The number of aromatic nitrogens is 4. The molecule has 0 spiro atoms. The van der Waals surface area contributed by atoms with Crippen LogP contribution in [0.15, 0.2) is 42.9 Å². The monoisotopic (exact) mass is 252 g/mol. The molecule has 0 aliphatic heterocycles. The smallest absolute Gasteiger partial charge is 0.336 e. The van der Waals surface area contributed by atoms with Crippen LogP contribution in [-0.4, -0.2) is 31.0 Å². The molecule has 3 rings (SSSR count). The summed E-state index contributed by atoms with van der Waals surface area (Å²) in [6, 6.07) is 6.59. The first-order chi connectivity index (χ1) is 9.25. The molecule has 3 aromatic rings. The predicted molar refractivity (Wildman–Crippen MR) is 67.5 cm³/mol. The molecule has 1 aromatic carbocycles. The molecule has 0 bridgehead atoms. The molecule has 0 amide bonds. The fourth-order valence-corrected chi connectivity index (χ4v) is 1.76. The Balaban J connectivity index is 2.22. The lowest BCUT2D eigenvalue weighted by atomic mass is 10.1. The number of carboxylic acid groups (broad SMARTS) is 1. The fraction of sp³-hybridized carbons (Fsp3) is 0. The number of aromatic carboxylic acids is 1. The molecule has 92 valence electrons. The maximum Gasteiger partial charge on any atom is 0.336 e. The summed E-state index contributed by atoms with van der Waals surface area (Å²) >= 11 is 0. The average Bonchev–Trinajstić information content (AvgIpc) is 2.46. The van der Waals surface area contributed by atoms with Crippen LogP contribution in [0.1, 0.15) is 10.4 Å². The van der Waals surface area contributed by atoms with Crippen molar-refractivity contribution >= 4 is 17.1 Å². The van der Waals surface area contributed by atoms with Gasteiger partial charge in [0.05, 0.1) is 11.8 Å². The molecular weight excluding hydrogens is 244 g/mol. The lowest BCUT2D eigenvalue weighted by molar-refractivity contribution is 0.0697. The van der Waals surface area contributed by atoms with Crippen LogP contribution < -0.4 is 0 Å². The molecule has 6 heteroatoms. The van der Waals surface area contributed by atoms with Gasteiger partial charge in [-0.15, -0.1) is 0 Å². The molecule has 2 heterocycles. The van der Waals surface area contributed by atoms with E-state index in [4.69, 9.17) is 5.11 Å². The molecule has 1 N–H and O–H groups in total. The first-order valence-corrected chi connectivity index (χ1v) is 5.52. The highest BCUT2D eigenvalue weighted by Crippen LogP contribution is 2.20. The second-order valence-corrected chi connectivity index (χ2v) is 3.81. The summed E-state index contributed by atoms with van der Waals surface area (Å²) in [7, 11) is 0. The average molecular weight is 252 g/mol. The molecule has 0 saturated heterocycles. The van der Waals surface area contributed by atoms with Gasteiger partial charge in [-0.3, -0.25) is 0 Å². The molecule has 2 aromatic heterocycles. The summed E-state index contributed by atoms with van der Waals surface area (Å²) in [6.45, 7) is 0. The zero-order valence-electron chi connectivity index (χ0n) is 9.69. The van der Waals surface area contributed by atoms with E-state index in [0.29, 0.717) is 22.6 Å². The predicted octanol–water partition coefficient (Wildman–Crippen LogP) is 1.78. The molecule has 0 saturated carbocycles. The Morgan fingerprint density at radius 3 is 2.68 bits per heavy atom. The van der Waals surface area contributed by atoms with Crippen molar-refractivity contribution in [3.8, 4) is 11.4 Å². The van der Waals surface area contributed by atoms with Crippen LogP contribution in [0, 0.1) is 0 Å². The second kappa shape index (κ2) is 4.41. The Hall–Kier alpha value is -2.89. The summed E-state index contributed by atoms with van der Waals surface area (Å²) in [5.41, 5.74) is 1.63. The van der Waals surface area contributed by atoms with Gasteiger partial charge < -0.3 is 5.11 Å². The normalized spacial score (nSPS) is 10.5. The van der Waals surface area contributed by atoms with Gasteiger partial charge >= 0.3 is 5.97 Å². The van der Waals surface area contributed by atoms with E-state index >= 15 is 0 Å². The van der Waals surface area contributed by atoms with E-state index in [0.717, 1.165) is 0 Å². The van der Waals surface area contributed by atoms with Gasteiger partial charge in [0, 0.05) is 18.0 Å². The summed E-state index contributed by atoms with van der Waals surface area (Å²) in [4.78, 5) is 27.7. The Labute approximate surface area is 107 Å². The third-order valence-corrected chi connectivity index (χ3v) is 2.63. The Morgan fingerprint density at radius 2 is 1.84 bits per heavy atom. The van der Waals surface area contributed by atoms with Crippen molar-refractivity contribution < 1.29 is 9.90 Å². The maximum atomic E-state index is 11.2. The van der Waals surface area contributed by atoms with Gasteiger partial charge in [0.15, 0.2) is 11.5 Å². The SMILES string of the molecule is O=C(O)c1ccccc1-c1ncc2nccnc2n1. The maximum absolute atomic E-state index is 11.2. The van der Waals surface area contributed by atoms with Crippen molar-refractivity contribution in [2.45, 2.75) is 0 Å². The minimum absolute atomic E-state index is 0.158. The Bertz CT molecular complexity index is 773. The summed E-state index contributed by atoms with van der Waals surface area (Å²) in [5, 5.41) is 9.16. The first-order valence-electron chi connectivity index (χ1n) is 5.52. The third-order valence-electron chi connectivity index (χ3n) is 2.63. The van der Waals surface area contributed by atoms with Gasteiger partial charge in [-0.1, -0.05) is 18.2 Å². The lowest BCUT2D eigenvalue weighted by Crippen LogP contribution is -2.02. The van der Waals surface area contributed by atoms with Crippen LogP contribution in [0.3, 0.4) is 0 Å². The minimum atomic E-state index is -1.02. The fourth-order valence-electron chi connectivity index (χ4n) is 1.76. The van der Waals surface area contributed by atoms with Gasteiger partial charge in [-0.05, 0) is 6.07 Å². The lowest BCUT2D eigenvalue weighted by Gasteiger charge is -2.04. The molecule has 0 radical (unpaired) electrons. The molecule has 0 atom stereocenters. The summed E-state index contributed by atoms with van der Waals surface area (Å²) in [5.74, 6) is -0.690. The number of hydrogen-bond donors (Lipinski definition) is 1. The molecular formula is C13H8N4O2. The van der Waals surface area contributed by atoms with Crippen LogP contribution in [-0.2, 0) is 0 Å². The van der Waals surface area contributed by atoms with Gasteiger partial charge in [-0.2, -0.15) is 0 Å². The van der Waals surface area contributed by atoms with Crippen molar-refractivity contribution in [3.63, 3.8) is 0 Å². The van der Waals surface area contributed by atoms with Crippen molar-refractivity contribution in [2.24, 2.45) is 0 Å². The van der Waals surface area contributed by atoms with Crippen LogP contribution in [0.4, 0.5) is 0 Å². The highest BCUT2D eigenvalue weighted by Gasteiger charge is 2.13. The number of nitrogens with zero attached hydrogens (tertiary/aromatic N) is 4. The van der Waals surface area contributed by atoms with Crippen LogP contribution in [0.5, 0.6) is 0 Å². The van der Waals surface area contributed by atoms with Crippen molar-refractivity contribution in [3.05, 3.63) is 48.4 Å². The van der Waals surface area contributed by atoms with Crippen molar-refractivity contribution in [2.75, 3.05) is 0 Å². The Morgan fingerprint density at radius 1 is 1.05 bits per heavy atom. The highest BCUT2D eigenvalue weighted by molar-refractivity contribution is 5.95. The third kappa shape index (κ3) is 1.99. The molecule has 19 heavy (non-hydrogen) atoms. The molecule has 0 aliphatic rings. The number of carbonyl (C=O) groups is 1. The zero-order chi connectivity index (χ0) is 13.2. The molecule has 0 unspecified atom stereocenters. The Kier molecular flexibility index (Phi) is 2.60. The van der Waals surface area contributed by atoms with E-state index in [-0.39, 0.29) is 5.56 Å². The van der Waals surface area contributed by atoms with Crippen molar-refractivity contribution in [1.29, 1.82) is 0 Å². The number of hydrogen-bond acceptors (Lipinski definition) is 5. The standard InChI is InChI=1S/C13H8N4O2/c18-13(19)9-4-2-1-3-8(9)11-16-7-10-12(17-11)15-6-5-14-10/h1-7H,(H,18,19). The van der Waals surface area contributed by atoms with E-state index in [1.807, 2.05) is 0 Å². The second-order valence-electron chi connectivity index (χ2n) is 3.81. The number of benzene rings is 1. The van der Waals surface area contributed by atoms with E-state index in [2.05, 4.69) is 19.9 Å². The van der Waals surface area contributed by atoms with E-state index in [1.165, 1.54) is 18.5 Å². The summed E-state index contributed by atoms with van der Waals surface area (Å²) in [6.07, 6.45) is 4.61. The topological polar surface area (TPSA) is 88.9 Å². The van der Waals surface area contributed by atoms with E-state index in [9.17, 15) is 4.79 Å². The van der Waals surface area contributed by atoms with E-state index < -0.39 is 5.97 Å². The zero-order valence-corrected chi connectivity index (χ0v) is 9.69. The number of rotatable bonds is 2. The molecule has 6 nitrogen and oxygen atoms in total. The quantitative estimate of drug-likeness (QED) is 0.747. The highest BCUT2D eigenvalue weighted by atomic mass is 16.4. The molecule has 0 fully saturated rings. The van der Waals surface area contributed by atoms with Crippen molar-refractivity contribution in [1.82, 2.24) is 19.9 Å². The number of carboxylic acids is 1. The van der Waals surface area contributed by atoms with Gasteiger partial charge in [0.1, 0.15) is 5.52 Å². The van der Waals surface area contributed by atoms with Gasteiger partial charge in [0.25, 0.3) is 0 Å². The van der Waals surface area contributed by atoms with Gasteiger partial charge in [-0.25, -0.2) is 24.7 Å². The van der Waals surface area contributed by atoms with Gasteiger partial charge in [0.2, 0.25) is 0 Å². The van der Waals surface area contributed by atoms with E-state index in [1.54, 1.807) is 24.4 Å².